The van der Waals surface area contributed by atoms with Crippen molar-refractivity contribution >= 4 is 35.1 Å². The van der Waals surface area contributed by atoms with E-state index in [4.69, 9.17) is 52.5 Å². The second-order valence-corrected chi connectivity index (χ2v) is 7.56. The molecular formula is C19H27Cl2NO6. The van der Waals surface area contributed by atoms with Gasteiger partial charge in [0.2, 0.25) is 0 Å². The lowest BCUT2D eigenvalue weighted by Gasteiger charge is -2.35. The van der Waals surface area contributed by atoms with Gasteiger partial charge in [-0.25, -0.2) is 9.59 Å². The molecule has 28 heavy (non-hydrogen) atoms. The Morgan fingerprint density at radius 1 is 1.14 bits per heavy atom. The maximum atomic E-state index is 9.10. The molecule has 0 radical (unpaired) electrons. The van der Waals surface area contributed by atoms with Crippen LogP contribution in [0.5, 0.6) is 5.75 Å². The van der Waals surface area contributed by atoms with E-state index in [2.05, 4.69) is 18.7 Å². The Hall–Kier alpha value is -1.54. The fraction of sp³-hybridized carbons (Fsp3) is 0.579. The molecule has 1 aromatic rings. The lowest BCUT2D eigenvalue weighted by Crippen LogP contribution is -2.45. The van der Waals surface area contributed by atoms with Gasteiger partial charge in [0.1, 0.15) is 5.75 Å². The minimum Gasteiger partial charge on any atom is -0.492 e. The molecule has 1 heterocycles. The van der Waals surface area contributed by atoms with Crippen molar-refractivity contribution in [2.45, 2.75) is 45.8 Å². The van der Waals surface area contributed by atoms with E-state index >= 15 is 0 Å². The first-order valence-corrected chi connectivity index (χ1v) is 9.78. The summed E-state index contributed by atoms with van der Waals surface area (Å²) in [6.07, 6.45) is 2.79. The van der Waals surface area contributed by atoms with E-state index < -0.39 is 11.9 Å². The number of carbonyl (C=O) groups is 2. The number of hydrogen-bond acceptors (Lipinski definition) is 5. The summed E-state index contributed by atoms with van der Waals surface area (Å²) in [5, 5.41) is 16.0. The van der Waals surface area contributed by atoms with Crippen LogP contribution in [0, 0.1) is 6.92 Å². The highest BCUT2D eigenvalue weighted by Gasteiger charge is 2.21. The number of morpholine rings is 1. The summed E-state index contributed by atoms with van der Waals surface area (Å²) in [6.45, 7) is 10.0. The Morgan fingerprint density at radius 3 is 2.21 bits per heavy atom. The van der Waals surface area contributed by atoms with Gasteiger partial charge in [-0.1, -0.05) is 23.2 Å². The summed E-state index contributed by atoms with van der Waals surface area (Å²) in [5.41, 5.74) is 0.980. The Balaban J connectivity index is 0.000000568. The SMILES string of the molecule is Cc1cc(Cl)cc(Cl)c1OCCCCN1CC(C)OC(C)C1.O=C(O)C(=O)O. The van der Waals surface area contributed by atoms with Gasteiger partial charge >= 0.3 is 11.9 Å². The largest absolute Gasteiger partial charge is 0.492 e. The van der Waals surface area contributed by atoms with Crippen molar-refractivity contribution < 1.29 is 29.3 Å². The molecule has 0 spiro atoms. The number of unbranched alkanes of at least 4 members (excludes halogenated alkanes) is 1. The van der Waals surface area contributed by atoms with E-state index in [-0.39, 0.29) is 0 Å². The molecule has 1 aliphatic heterocycles. The number of carboxylic acid groups (broad SMARTS) is 2. The van der Waals surface area contributed by atoms with E-state index in [1.165, 1.54) is 0 Å². The van der Waals surface area contributed by atoms with Crippen LogP contribution in [0.4, 0.5) is 0 Å². The van der Waals surface area contributed by atoms with E-state index in [9.17, 15) is 0 Å². The first-order chi connectivity index (χ1) is 13.1. The Kier molecular flexibility index (Phi) is 10.6. The van der Waals surface area contributed by atoms with Crippen molar-refractivity contribution in [3.8, 4) is 5.75 Å². The highest BCUT2D eigenvalue weighted by molar-refractivity contribution is 6.35. The second kappa shape index (κ2) is 12.1. The maximum absolute atomic E-state index is 9.10. The minimum absolute atomic E-state index is 0.329. The van der Waals surface area contributed by atoms with Crippen LogP contribution in [0.3, 0.4) is 0 Å². The van der Waals surface area contributed by atoms with Gasteiger partial charge in [0.25, 0.3) is 0 Å². The second-order valence-electron chi connectivity index (χ2n) is 6.72. The summed E-state index contributed by atoms with van der Waals surface area (Å²) >= 11 is 12.1. The number of nitrogens with zero attached hydrogens (tertiary/aromatic N) is 1. The molecule has 9 heteroatoms. The fourth-order valence-corrected chi connectivity index (χ4v) is 3.60. The number of aliphatic carboxylic acids is 2. The minimum atomic E-state index is -1.82. The lowest BCUT2D eigenvalue weighted by molar-refractivity contribution is -0.159. The Morgan fingerprint density at radius 2 is 1.71 bits per heavy atom. The lowest BCUT2D eigenvalue weighted by atomic mass is 10.2. The first kappa shape index (κ1) is 24.5. The Bertz CT molecular complexity index is 625. The van der Waals surface area contributed by atoms with E-state index in [0.29, 0.717) is 28.9 Å². The Labute approximate surface area is 175 Å². The van der Waals surface area contributed by atoms with Crippen LogP contribution in [-0.2, 0) is 14.3 Å². The van der Waals surface area contributed by atoms with E-state index in [1.807, 2.05) is 13.0 Å². The van der Waals surface area contributed by atoms with Gasteiger partial charge in [0, 0.05) is 18.1 Å². The molecule has 1 aliphatic rings. The molecule has 2 rings (SSSR count). The zero-order chi connectivity index (χ0) is 21.3. The van der Waals surface area contributed by atoms with Gasteiger partial charge in [-0.15, -0.1) is 0 Å². The standard InChI is InChI=1S/C17H25Cl2NO2.C2H2O4/c1-12-8-15(18)9-16(19)17(12)21-7-5-4-6-20-10-13(2)22-14(3)11-20;3-1(4)2(5)6/h8-9,13-14H,4-7,10-11H2,1-3H3;(H,3,4)(H,5,6). The maximum Gasteiger partial charge on any atom is 0.414 e. The highest BCUT2D eigenvalue weighted by Crippen LogP contribution is 2.31. The van der Waals surface area contributed by atoms with Crippen LogP contribution >= 0.6 is 23.2 Å². The molecule has 1 saturated heterocycles. The van der Waals surface area contributed by atoms with Crippen LogP contribution in [0.2, 0.25) is 10.0 Å². The van der Waals surface area contributed by atoms with Gasteiger partial charge in [0.15, 0.2) is 0 Å². The molecule has 2 unspecified atom stereocenters. The number of ether oxygens (including phenoxy) is 2. The molecule has 7 nitrogen and oxygen atoms in total. The average molecular weight is 436 g/mol. The molecule has 0 aromatic heterocycles. The quantitative estimate of drug-likeness (QED) is 0.518. The zero-order valence-electron chi connectivity index (χ0n) is 16.3. The number of benzene rings is 1. The molecule has 158 valence electrons. The summed E-state index contributed by atoms with van der Waals surface area (Å²) in [5.74, 6) is -2.90. The topological polar surface area (TPSA) is 96.3 Å². The number of rotatable bonds is 6. The molecule has 0 saturated carbocycles. The predicted molar refractivity (Wildman–Crippen MR) is 108 cm³/mol. The van der Waals surface area contributed by atoms with Crippen LogP contribution in [0.1, 0.15) is 32.3 Å². The van der Waals surface area contributed by atoms with Crippen molar-refractivity contribution in [3.05, 3.63) is 27.7 Å². The number of halogens is 2. The van der Waals surface area contributed by atoms with Crippen LogP contribution in [0.15, 0.2) is 12.1 Å². The monoisotopic (exact) mass is 435 g/mol. The molecule has 2 N–H and O–H groups in total. The molecule has 0 aliphatic carbocycles. The summed E-state index contributed by atoms with van der Waals surface area (Å²) in [4.78, 5) is 20.7. The van der Waals surface area contributed by atoms with Gasteiger partial charge in [-0.3, -0.25) is 4.90 Å². The van der Waals surface area contributed by atoms with Crippen molar-refractivity contribution in [2.24, 2.45) is 0 Å². The van der Waals surface area contributed by atoms with Crippen molar-refractivity contribution in [2.75, 3.05) is 26.2 Å². The van der Waals surface area contributed by atoms with Gasteiger partial charge in [-0.2, -0.15) is 0 Å². The molecule has 1 aromatic carbocycles. The average Bonchev–Trinajstić information content (AvgIpc) is 2.56. The summed E-state index contributed by atoms with van der Waals surface area (Å²) in [7, 11) is 0. The van der Waals surface area contributed by atoms with Gasteiger partial charge in [0.05, 0.1) is 23.8 Å². The fourth-order valence-electron chi connectivity index (χ4n) is 2.95. The van der Waals surface area contributed by atoms with Crippen LogP contribution < -0.4 is 4.74 Å². The van der Waals surface area contributed by atoms with Crippen LogP contribution in [0.25, 0.3) is 0 Å². The zero-order valence-corrected chi connectivity index (χ0v) is 17.8. The molecular weight excluding hydrogens is 409 g/mol. The first-order valence-electron chi connectivity index (χ1n) is 9.02. The predicted octanol–water partition coefficient (Wildman–Crippen LogP) is 3.73. The highest BCUT2D eigenvalue weighted by atomic mass is 35.5. The molecule has 1 fully saturated rings. The van der Waals surface area contributed by atoms with E-state index in [1.54, 1.807) is 6.07 Å². The normalized spacial score (nSPS) is 19.5. The van der Waals surface area contributed by atoms with Crippen molar-refractivity contribution in [1.82, 2.24) is 4.90 Å². The molecule has 0 bridgehead atoms. The number of aryl methyl sites for hydroxylation is 1. The smallest absolute Gasteiger partial charge is 0.414 e. The van der Waals surface area contributed by atoms with Gasteiger partial charge in [-0.05, 0) is 57.9 Å². The van der Waals surface area contributed by atoms with Gasteiger partial charge < -0.3 is 19.7 Å². The van der Waals surface area contributed by atoms with Crippen LogP contribution in [-0.4, -0.2) is 65.5 Å². The third-order valence-electron chi connectivity index (χ3n) is 3.99. The van der Waals surface area contributed by atoms with Crippen molar-refractivity contribution in [1.29, 1.82) is 0 Å². The van der Waals surface area contributed by atoms with Crippen molar-refractivity contribution in [3.63, 3.8) is 0 Å². The molecule has 2 atom stereocenters. The number of carboxylic acids is 2. The third-order valence-corrected chi connectivity index (χ3v) is 4.49. The third kappa shape index (κ3) is 9.10. The molecule has 0 amide bonds. The summed E-state index contributed by atoms with van der Waals surface area (Å²) in [6, 6.07) is 3.60. The summed E-state index contributed by atoms with van der Waals surface area (Å²) < 4.78 is 11.6. The van der Waals surface area contributed by atoms with E-state index in [0.717, 1.165) is 43.8 Å². The number of hydrogen-bond donors (Lipinski definition) is 2.